The Kier molecular flexibility index (Phi) is 9.01. The van der Waals surface area contributed by atoms with E-state index in [2.05, 4.69) is 25.3 Å². The van der Waals surface area contributed by atoms with Crippen LogP contribution in [0.25, 0.3) is 22.2 Å². The maximum Gasteiger partial charge on any atom is 0.419 e. The van der Waals surface area contributed by atoms with Crippen LogP contribution < -0.4 is 26.3 Å². The Hall–Kier alpha value is -3.62. The van der Waals surface area contributed by atoms with Crippen molar-refractivity contribution < 1.29 is 35.8 Å². The van der Waals surface area contributed by atoms with Crippen LogP contribution in [0.1, 0.15) is 50.8 Å². The fraction of sp³-hybridized carbons (Fsp3) is 0.478. The van der Waals surface area contributed by atoms with E-state index >= 15 is 4.39 Å². The van der Waals surface area contributed by atoms with Crippen molar-refractivity contribution in [2.24, 2.45) is 0 Å². The van der Waals surface area contributed by atoms with Crippen LogP contribution in [0.15, 0.2) is 6.07 Å². The van der Waals surface area contributed by atoms with Gasteiger partial charge in [-0.1, -0.05) is 13.3 Å². The van der Waals surface area contributed by atoms with Gasteiger partial charge in [0.2, 0.25) is 5.88 Å². The lowest BCUT2D eigenvalue weighted by Crippen LogP contribution is -2.23. The molecule has 0 saturated heterocycles. The number of hydrogen-bond donors (Lipinski definition) is 3. The fourth-order valence-electron chi connectivity index (χ4n) is 3.71. The summed E-state index contributed by atoms with van der Waals surface area (Å²) >= 11 is 0. The molecule has 1 atom stereocenters. The molecule has 0 aliphatic heterocycles. The van der Waals surface area contributed by atoms with E-state index in [1.165, 1.54) is 7.11 Å². The summed E-state index contributed by atoms with van der Waals surface area (Å²) in [5, 5.41) is 3.00. The molecule has 0 aromatic carbocycles. The zero-order valence-corrected chi connectivity index (χ0v) is 20.8. The van der Waals surface area contributed by atoms with Gasteiger partial charge in [0.1, 0.15) is 33.9 Å². The first kappa shape index (κ1) is 28.9. The molecule has 15 heteroatoms. The van der Waals surface area contributed by atoms with Gasteiger partial charge >= 0.3 is 12.2 Å². The summed E-state index contributed by atoms with van der Waals surface area (Å²) in [5.41, 5.74) is 5.32. The molecule has 208 valence electrons. The van der Waals surface area contributed by atoms with Crippen LogP contribution in [-0.4, -0.2) is 46.2 Å². The van der Waals surface area contributed by atoms with Gasteiger partial charge in [-0.05, 0) is 38.9 Å². The van der Waals surface area contributed by atoms with Gasteiger partial charge in [0.25, 0.3) is 6.43 Å². The smallest absolute Gasteiger partial charge is 0.419 e. The Morgan fingerprint density at radius 1 is 1.08 bits per heavy atom. The number of nitrogens with two attached hydrogens (primary N) is 2. The van der Waals surface area contributed by atoms with Gasteiger partial charge in [0, 0.05) is 5.56 Å². The largest absolute Gasteiger partial charge is 0.474 e. The molecule has 1 unspecified atom stereocenters. The predicted octanol–water partition coefficient (Wildman–Crippen LogP) is 4.90. The van der Waals surface area contributed by atoms with E-state index < -0.39 is 58.4 Å². The Labute approximate surface area is 214 Å². The zero-order valence-electron chi connectivity index (χ0n) is 20.8. The van der Waals surface area contributed by atoms with Crippen molar-refractivity contribution in [1.82, 2.24) is 25.3 Å². The van der Waals surface area contributed by atoms with E-state index in [1.54, 1.807) is 6.92 Å². The number of halogens is 6. The van der Waals surface area contributed by atoms with Crippen LogP contribution >= 0.6 is 0 Å². The van der Waals surface area contributed by atoms with E-state index in [0.29, 0.717) is 19.0 Å². The van der Waals surface area contributed by atoms with Crippen molar-refractivity contribution in [2.75, 3.05) is 31.7 Å². The number of nitrogens with zero attached hydrogens (tertiary/aromatic N) is 4. The molecule has 0 spiro atoms. The van der Waals surface area contributed by atoms with Crippen molar-refractivity contribution >= 4 is 22.5 Å². The first-order valence-corrected chi connectivity index (χ1v) is 11.6. The molecule has 3 aromatic rings. The Bertz CT molecular complexity index is 1290. The summed E-state index contributed by atoms with van der Waals surface area (Å²) < 4.78 is 95.6. The first-order chi connectivity index (χ1) is 17.9. The molecule has 0 bridgehead atoms. The van der Waals surface area contributed by atoms with Gasteiger partial charge in [0.15, 0.2) is 5.82 Å². The number of pyridine rings is 2. The van der Waals surface area contributed by atoms with Gasteiger partial charge in [0.05, 0.1) is 18.8 Å². The third-order valence-electron chi connectivity index (χ3n) is 5.50. The number of aromatic nitrogens is 4. The van der Waals surface area contributed by atoms with Crippen molar-refractivity contribution in [3.8, 4) is 23.1 Å². The van der Waals surface area contributed by atoms with E-state index in [1.807, 2.05) is 6.92 Å². The molecule has 3 aromatic heterocycles. The lowest BCUT2D eigenvalue weighted by Gasteiger charge is -2.20. The standard InChI is InChI=1S/C23H27F6N7O2/c1-4-5-7-32-8-6-10(2)38-21-13-17(35-22(37-3)36-20(13)31)15(24)16(34-21)11-9-12(30)33-18(19(25)26)14(11)23(27,28)29/h9-10,19,32H,4-8H2,1-3H3,(H2,30,33)(H2,31,35,36). The first-order valence-electron chi connectivity index (χ1n) is 11.6. The molecule has 3 rings (SSSR count). The number of rotatable bonds is 11. The second-order valence-corrected chi connectivity index (χ2v) is 8.37. The van der Waals surface area contributed by atoms with Crippen LogP contribution in [0, 0.1) is 5.82 Å². The number of nitrogen functional groups attached to an aromatic ring is 2. The average Bonchev–Trinajstić information content (AvgIpc) is 2.83. The topological polar surface area (TPSA) is 134 Å². The van der Waals surface area contributed by atoms with Crippen molar-refractivity contribution in [3.63, 3.8) is 0 Å². The Balaban J connectivity index is 2.24. The highest BCUT2D eigenvalue weighted by Crippen LogP contribution is 2.44. The molecule has 0 saturated carbocycles. The molecule has 5 N–H and O–H groups in total. The van der Waals surface area contributed by atoms with Gasteiger partial charge in [-0.2, -0.15) is 23.1 Å². The lowest BCUT2D eigenvalue weighted by atomic mass is 10.0. The van der Waals surface area contributed by atoms with Gasteiger partial charge < -0.3 is 26.3 Å². The summed E-state index contributed by atoms with van der Waals surface area (Å²) in [5.74, 6) is -2.80. The molecule has 0 aliphatic carbocycles. The van der Waals surface area contributed by atoms with Crippen LogP contribution in [-0.2, 0) is 6.18 Å². The summed E-state index contributed by atoms with van der Waals surface area (Å²) in [6.07, 6.45) is -7.17. The summed E-state index contributed by atoms with van der Waals surface area (Å²) in [4.78, 5) is 14.8. The predicted molar refractivity (Wildman–Crippen MR) is 128 cm³/mol. The van der Waals surface area contributed by atoms with Crippen LogP contribution in [0.2, 0.25) is 0 Å². The number of methoxy groups -OCH3 is 1. The van der Waals surface area contributed by atoms with Gasteiger partial charge in [-0.3, -0.25) is 0 Å². The number of anilines is 2. The minimum atomic E-state index is -5.36. The SMILES string of the molecule is CCCCNCCC(C)Oc1nc(-c2cc(N)nc(C(F)F)c2C(F)(F)F)c(F)c2nc(OC)nc(N)c12. The molecular formula is C23H27F6N7O2. The Morgan fingerprint density at radius 3 is 2.39 bits per heavy atom. The number of alkyl halides is 5. The van der Waals surface area contributed by atoms with Crippen molar-refractivity contribution in [1.29, 1.82) is 0 Å². The highest BCUT2D eigenvalue weighted by Gasteiger charge is 2.41. The Morgan fingerprint density at radius 2 is 1.79 bits per heavy atom. The summed E-state index contributed by atoms with van der Waals surface area (Å²) in [7, 11) is 1.17. The zero-order chi connectivity index (χ0) is 28.2. The highest BCUT2D eigenvalue weighted by atomic mass is 19.4. The van der Waals surface area contributed by atoms with Crippen LogP contribution in [0.5, 0.6) is 11.9 Å². The average molecular weight is 548 g/mol. The van der Waals surface area contributed by atoms with E-state index in [4.69, 9.17) is 20.9 Å². The summed E-state index contributed by atoms with van der Waals surface area (Å²) in [6, 6.07) is 0.224. The second kappa shape index (κ2) is 11.8. The second-order valence-electron chi connectivity index (χ2n) is 8.37. The number of hydrogen-bond acceptors (Lipinski definition) is 9. The fourth-order valence-corrected chi connectivity index (χ4v) is 3.71. The van der Waals surface area contributed by atoms with E-state index in [9.17, 15) is 22.0 Å². The molecule has 0 radical (unpaired) electrons. The molecule has 3 heterocycles. The number of ether oxygens (including phenoxy) is 2. The maximum atomic E-state index is 15.8. The molecule has 9 nitrogen and oxygen atoms in total. The molecule has 0 amide bonds. The van der Waals surface area contributed by atoms with Gasteiger partial charge in [-0.25, -0.2) is 23.1 Å². The number of unbranched alkanes of at least 4 members (excludes halogenated alkanes) is 1. The monoisotopic (exact) mass is 547 g/mol. The minimum Gasteiger partial charge on any atom is -0.474 e. The lowest BCUT2D eigenvalue weighted by molar-refractivity contribution is -0.139. The minimum absolute atomic E-state index is 0.220. The number of fused-ring (bicyclic) bond motifs is 1. The van der Waals surface area contributed by atoms with Gasteiger partial charge in [-0.15, -0.1) is 0 Å². The highest BCUT2D eigenvalue weighted by molar-refractivity contribution is 5.95. The van der Waals surface area contributed by atoms with E-state index in [-0.39, 0.29) is 23.1 Å². The molecule has 38 heavy (non-hydrogen) atoms. The molecule has 0 fully saturated rings. The quantitative estimate of drug-likeness (QED) is 0.226. The van der Waals surface area contributed by atoms with Crippen molar-refractivity contribution in [2.45, 2.75) is 51.8 Å². The molecule has 0 aliphatic rings. The summed E-state index contributed by atoms with van der Waals surface area (Å²) in [6.45, 7) is 5.04. The van der Waals surface area contributed by atoms with Crippen LogP contribution in [0.3, 0.4) is 0 Å². The molecular weight excluding hydrogens is 520 g/mol. The van der Waals surface area contributed by atoms with Crippen molar-refractivity contribution in [3.05, 3.63) is 23.1 Å². The maximum absolute atomic E-state index is 15.8. The number of nitrogens with one attached hydrogen (secondary N) is 1. The van der Waals surface area contributed by atoms with Crippen LogP contribution in [0.4, 0.5) is 38.0 Å². The third kappa shape index (κ3) is 6.26. The normalized spacial score (nSPS) is 12.8. The third-order valence-corrected chi connectivity index (χ3v) is 5.50. The van der Waals surface area contributed by atoms with E-state index in [0.717, 1.165) is 19.4 Å².